The summed E-state index contributed by atoms with van der Waals surface area (Å²) < 4.78 is 0.966. The molecule has 1 amide bonds. The molecule has 23 heavy (non-hydrogen) atoms. The van der Waals surface area contributed by atoms with E-state index in [2.05, 4.69) is 15.6 Å². The van der Waals surface area contributed by atoms with Gasteiger partial charge in [0.1, 0.15) is 0 Å². The highest BCUT2D eigenvalue weighted by molar-refractivity contribution is 8.01. The zero-order valence-electron chi connectivity index (χ0n) is 12.5. The minimum Gasteiger partial charge on any atom is -0.326 e. The second-order valence-corrected chi connectivity index (χ2v) is 7.74. The maximum absolute atomic E-state index is 12.1. The summed E-state index contributed by atoms with van der Waals surface area (Å²) in [4.78, 5) is 17.5. The van der Waals surface area contributed by atoms with Gasteiger partial charge in [-0.2, -0.15) is 0 Å². The number of halogens is 2. The molecule has 1 saturated heterocycles. The average molecular weight is 390 g/mol. The molecule has 1 aliphatic heterocycles. The SMILES string of the molecule is Cc1csc(Sc2ccc(NC(=O)C3CCNC3)cc2Cl)n1.Cl. The maximum atomic E-state index is 12.1. The molecule has 2 N–H and O–H groups in total. The Balaban J connectivity index is 0.00000192. The summed E-state index contributed by atoms with van der Waals surface area (Å²) >= 11 is 9.46. The number of nitrogens with zero attached hydrogens (tertiary/aromatic N) is 1. The average Bonchev–Trinajstić information content (AvgIpc) is 3.13. The second-order valence-electron chi connectivity index (χ2n) is 5.18. The van der Waals surface area contributed by atoms with Crippen molar-refractivity contribution in [2.45, 2.75) is 22.6 Å². The summed E-state index contributed by atoms with van der Waals surface area (Å²) in [5.74, 6) is 0.100. The Bertz CT molecular complexity index is 687. The molecule has 0 bridgehead atoms. The normalized spacial score (nSPS) is 16.9. The molecule has 8 heteroatoms. The standard InChI is InChI=1S/C15H16ClN3OS2.ClH/c1-9-8-21-15(18-9)22-13-3-2-11(6-12(13)16)19-14(20)10-4-5-17-7-10;/h2-3,6,8,10,17H,4-5,7H2,1H3,(H,19,20);1H. The van der Waals surface area contributed by atoms with Gasteiger partial charge in [0.2, 0.25) is 5.91 Å². The fourth-order valence-corrected chi connectivity index (χ4v) is 4.35. The number of carbonyl (C=O) groups excluding carboxylic acids is 1. The lowest BCUT2D eigenvalue weighted by Gasteiger charge is -2.11. The Hall–Kier alpha value is -0.790. The van der Waals surface area contributed by atoms with Gasteiger partial charge in [-0.15, -0.1) is 23.7 Å². The first-order valence-electron chi connectivity index (χ1n) is 7.03. The van der Waals surface area contributed by atoms with Crippen molar-refractivity contribution in [1.82, 2.24) is 10.3 Å². The first kappa shape index (κ1) is 18.5. The summed E-state index contributed by atoms with van der Waals surface area (Å²) in [6.07, 6.45) is 0.886. The van der Waals surface area contributed by atoms with Crippen LogP contribution in [0.3, 0.4) is 0 Å². The van der Waals surface area contributed by atoms with E-state index >= 15 is 0 Å². The zero-order chi connectivity index (χ0) is 15.5. The van der Waals surface area contributed by atoms with Gasteiger partial charge in [-0.25, -0.2) is 4.98 Å². The van der Waals surface area contributed by atoms with Gasteiger partial charge in [-0.05, 0) is 38.1 Å². The van der Waals surface area contributed by atoms with Crippen molar-refractivity contribution in [1.29, 1.82) is 0 Å². The summed E-state index contributed by atoms with van der Waals surface area (Å²) in [5.41, 5.74) is 1.75. The Morgan fingerprint density at radius 3 is 2.96 bits per heavy atom. The van der Waals surface area contributed by atoms with E-state index in [1.807, 2.05) is 24.4 Å². The van der Waals surface area contributed by atoms with Gasteiger partial charge in [0.05, 0.1) is 10.9 Å². The predicted octanol–water partition coefficient (Wildman–Crippen LogP) is 4.23. The third-order valence-electron chi connectivity index (χ3n) is 3.43. The molecule has 0 radical (unpaired) electrons. The summed E-state index contributed by atoms with van der Waals surface area (Å²) in [6, 6.07) is 5.60. The molecule has 4 nitrogen and oxygen atoms in total. The number of nitrogens with one attached hydrogen (secondary N) is 2. The molecule has 1 aromatic heterocycles. The van der Waals surface area contributed by atoms with Crippen LogP contribution in [0.1, 0.15) is 12.1 Å². The van der Waals surface area contributed by atoms with Gasteiger partial charge in [-0.3, -0.25) is 4.79 Å². The molecule has 0 aliphatic carbocycles. The van der Waals surface area contributed by atoms with Crippen LogP contribution in [-0.4, -0.2) is 24.0 Å². The highest BCUT2D eigenvalue weighted by Crippen LogP contribution is 2.36. The molecule has 0 saturated carbocycles. The first-order valence-corrected chi connectivity index (χ1v) is 9.10. The monoisotopic (exact) mass is 389 g/mol. The van der Waals surface area contributed by atoms with Crippen molar-refractivity contribution >= 4 is 58.7 Å². The second kappa shape index (κ2) is 8.35. The van der Waals surface area contributed by atoms with E-state index in [9.17, 15) is 4.79 Å². The molecule has 1 aliphatic rings. The van der Waals surface area contributed by atoms with Crippen LogP contribution >= 0.6 is 47.1 Å². The third-order valence-corrected chi connectivity index (χ3v) is 5.98. The Morgan fingerprint density at radius 2 is 2.35 bits per heavy atom. The Morgan fingerprint density at radius 1 is 1.52 bits per heavy atom. The van der Waals surface area contributed by atoms with E-state index in [0.717, 1.165) is 40.1 Å². The van der Waals surface area contributed by atoms with Crippen LogP contribution in [0, 0.1) is 12.8 Å². The number of thiazole rings is 1. The number of aromatic nitrogens is 1. The lowest BCUT2D eigenvalue weighted by Crippen LogP contribution is -2.24. The number of benzene rings is 1. The van der Waals surface area contributed by atoms with E-state index < -0.39 is 0 Å². The fourth-order valence-electron chi connectivity index (χ4n) is 2.26. The third kappa shape index (κ3) is 4.84. The largest absolute Gasteiger partial charge is 0.326 e. The van der Waals surface area contributed by atoms with Crippen molar-refractivity contribution in [3.8, 4) is 0 Å². The molecular formula is C15H17Cl2N3OS2. The molecular weight excluding hydrogens is 373 g/mol. The minimum atomic E-state index is 0. The molecule has 1 unspecified atom stereocenters. The van der Waals surface area contributed by atoms with Crippen molar-refractivity contribution in [2.75, 3.05) is 18.4 Å². The van der Waals surface area contributed by atoms with Gasteiger partial charge in [-0.1, -0.05) is 23.4 Å². The number of hydrogen-bond donors (Lipinski definition) is 2. The number of rotatable bonds is 4. The van der Waals surface area contributed by atoms with E-state index in [1.54, 1.807) is 29.2 Å². The van der Waals surface area contributed by atoms with Crippen LogP contribution in [0.4, 0.5) is 5.69 Å². The van der Waals surface area contributed by atoms with Gasteiger partial charge < -0.3 is 10.6 Å². The van der Waals surface area contributed by atoms with Crippen molar-refractivity contribution in [3.63, 3.8) is 0 Å². The molecule has 3 rings (SSSR count). The number of aryl methyl sites for hydroxylation is 1. The van der Waals surface area contributed by atoms with Crippen LogP contribution in [-0.2, 0) is 4.79 Å². The number of amides is 1. The summed E-state index contributed by atoms with van der Waals surface area (Å²) in [7, 11) is 0. The number of carbonyl (C=O) groups is 1. The molecule has 124 valence electrons. The quantitative estimate of drug-likeness (QED) is 0.821. The molecule has 0 spiro atoms. The van der Waals surface area contributed by atoms with Crippen LogP contribution in [0.25, 0.3) is 0 Å². The topological polar surface area (TPSA) is 54.0 Å². The van der Waals surface area contributed by atoms with Crippen LogP contribution in [0.5, 0.6) is 0 Å². The molecule has 1 fully saturated rings. The number of anilines is 1. The summed E-state index contributed by atoms with van der Waals surface area (Å²) in [6.45, 7) is 3.62. The summed E-state index contributed by atoms with van der Waals surface area (Å²) in [5, 5.41) is 8.77. The highest BCUT2D eigenvalue weighted by atomic mass is 35.5. The van der Waals surface area contributed by atoms with E-state index in [0.29, 0.717) is 5.02 Å². The van der Waals surface area contributed by atoms with Crippen LogP contribution < -0.4 is 10.6 Å². The number of hydrogen-bond acceptors (Lipinski definition) is 5. The van der Waals surface area contributed by atoms with E-state index in [-0.39, 0.29) is 24.2 Å². The molecule has 1 aromatic carbocycles. The van der Waals surface area contributed by atoms with Crippen LogP contribution in [0.15, 0.2) is 32.8 Å². The fraction of sp³-hybridized carbons (Fsp3) is 0.333. The first-order chi connectivity index (χ1) is 10.6. The minimum absolute atomic E-state index is 0. The molecule has 2 aromatic rings. The lowest BCUT2D eigenvalue weighted by molar-refractivity contribution is -0.119. The van der Waals surface area contributed by atoms with E-state index in [4.69, 9.17) is 11.6 Å². The predicted molar refractivity (Wildman–Crippen MR) is 99.3 cm³/mol. The van der Waals surface area contributed by atoms with Crippen molar-refractivity contribution < 1.29 is 4.79 Å². The lowest BCUT2D eigenvalue weighted by atomic mass is 10.1. The Kier molecular flexibility index (Phi) is 6.73. The Labute approximate surface area is 154 Å². The zero-order valence-corrected chi connectivity index (χ0v) is 15.7. The van der Waals surface area contributed by atoms with E-state index in [1.165, 1.54) is 0 Å². The smallest absolute Gasteiger partial charge is 0.228 e. The van der Waals surface area contributed by atoms with Gasteiger partial charge >= 0.3 is 0 Å². The van der Waals surface area contributed by atoms with Crippen molar-refractivity contribution in [3.05, 3.63) is 34.3 Å². The van der Waals surface area contributed by atoms with Gasteiger partial charge in [0.25, 0.3) is 0 Å². The highest BCUT2D eigenvalue weighted by Gasteiger charge is 2.22. The maximum Gasteiger partial charge on any atom is 0.228 e. The van der Waals surface area contributed by atoms with Crippen molar-refractivity contribution in [2.24, 2.45) is 5.92 Å². The van der Waals surface area contributed by atoms with Gasteiger partial charge in [0.15, 0.2) is 4.34 Å². The van der Waals surface area contributed by atoms with Gasteiger partial charge in [0, 0.05) is 28.2 Å². The molecule has 1 atom stereocenters. The van der Waals surface area contributed by atoms with Crippen LogP contribution in [0.2, 0.25) is 5.02 Å². The molecule has 2 heterocycles.